The number of hydrogen-bond acceptors (Lipinski definition) is 5. The Hall–Kier alpha value is -4.69. The molecule has 1 fully saturated rings. The summed E-state index contributed by atoms with van der Waals surface area (Å²) < 4.78 is 13.7. The van der Waals surface area contributed by atoms with Crippen LogP contribution in [0.3, 0.4) is 0 Å². The van der Waals surface area contributed by atoms with Gasteiger partial charge in [-0.2, -0.15) is 0 Å². The van der Waals surface area contributed by atoms with Gasteiger partial charge in [-0.05, 0) is 116 Å². The minimum absolute atomic E-state index is 0.0943. The Balaban J connectivity index is 1.35. The molecule has 206 valence electrons. The standard InChI is InChI=1S/C33H31N5O2S/c1-22-20-29(23(2)37(22)21-24-15-18-34-19-16-24)32-31(30-6-4-5-17-35-30)36-33(41)38(32)25-7-9-27(10-8-25)40-28-13-11-26(39-3)12-14-28/h4-20,31-32H,21H2,1-3H3,(H,36,41)/t31-,32-/m0/s1. The van der Waals surface area contributed by atoms with Gasteiger partial charge in [-0.1, -0.05) is 6.07 Å². The molecule has 1 saturated heterocycles. The number of aryl methyl sites for hydroxylation is 1. The number of pyridine rings is 2. The summed E-state index contributed by atoms with van der Waals surface area (Å²) in [5, 5.41) is 4.23. The van der Waals surface area contributed by atoms with Crippen LogP contribution in [0.15, 0.2) is 104 Å². The fraction of sp³-hybridized carbons (Fsp3) is 0.182. The minimum atomic E-state index is -0.117. The van der Waals surface area contributed by atoms with Gasteiger partial charge in [0.2, 0.25) is 0 Å². The fourth-order valence-electron chi connectivity index (χ4n) is 5.44. The second kappa shape index (κ2) is 11.4. The van der Waals surface area contributed by atoms with Gasteiger partial charge in [-0.15, -0.1) is 0 Å². The van der Waals surface area contributed by atoms with Crippen LogP contribution >= 0.6 is 12.2 Å². The molecule has 5 aromatic rings. The van der Waals surface area contributed by atoms with E-state index in [1.54, 1.807) is 7.11 Å². The predicted molar refractivity (Wildman–Crippen MR) is 165 cm³/mol. The van der Waals surface area contributed by atoms with Crippen molar-refractivity contribution >= 4 is 23.0 Å². The number of ether oxygens (including phenoxy) is 2. The van der Waals surface area contributed by atoms with Gasteiger partial charge >= 0.3 is 0 Å². The molecule has 3 aromatic heterocycles. The molecule has 0 bridgehead atoms. The van der Waals surface area contributed by atoms with Crippen molar-refractivity contribution in [2.75, 3.05) is 12.0 Å². The topological polar surface area (TPSA) is 64.4 Å². The van der Waals surface area contributed by atoms with Crippen molar-refractivity contribution in [1.29, 1.82) is 0 Å². The van der Waals surface area contributed by atoms with E-state index in [-0.39, 0.29) is 12.1 Å². The number of nitrogens with one attached hydrogen (secondary N) is 1. The van der Waals surface area contributed by atoms with Crippen LogP contribution in [-0.4, -0.2) is 26.8 Å². The molecular weight excluding hydrogens is 530 g/mol. The lowest BCUT2D eigenvalue weighted by atomic mass is 9.96. The lowest BCUT2D eigenvalue weighted by molar-refractivity contribution is 0.413. The number of rotatable bonds is 8. The first-order chi connectivity index (χ1) is 20.0. The van der Waals surface area contributed by atoms with E-state index in [1.165, 1.54) is 22.5 Å². The number of aromatic nitrogens is 3. The quantitative estimate of drug-likeness (QED) is 0.206. The molecule has 1 aliphatic heterocycles. The highest BCUT2D eigenvalue weighted by Gasteiger charge is 2.42. The zero-order chi connectivity index (χ0) is 28.3. The zero-order valence-corrected chi connectivity index (χ0v) is 24.0. The van der Waals surface area contributed by atoms with Crippen molar-refractivity contribution in [2.24, 2.45) is 0 Å². The van der Waals surface area contributed by atoms with Gasteiger partial charge in [-0.3, -0.25) is 9.97 Å². The highest BCUT2D eigenvalue weighted by atomic mass is 32.1. The summed E-state index contributed by atoms with van der Waals surface area (Å²) in [7, 11) is 1.65. The molecule has 7 nitrogen and oxygen atoms in total. The second-order valence-electron chi connectivity index (χ2n) is 10.0. The maximum atomic E-state index is 6.08. The van der Waals surface area contributed by atoms with E-state index in [1.807, 2.05) is 67.1 Å². The number of nitrogens with zero attached hydrogens (tertiary/aromatic N) is 4. The first-order valence-electron chi connectivity index (χ1n) is 13.5. The third-order valence-corrected chi connectivity index (χ3v) is 7.84. The molecular formula is C33H31N5O2S. The van der Waals surface area contributed by atoms with Gasteiger partial charge in [0.05, 0.1) is 24.9 Å². The molecule has 0 saturated carbocycles. The SMILES string of the molecule is COc1ccc(Oc2ccc(N3C(=S)N[C@@H](c4ccccn4)[C@@H]3c3cc(C)n(Cc4ccncc4)c3C)cc2)cc1. The lowest BCUT2D eigenvalue weighted by Crippen LogP contribution is -2.29. The summed E-state index contributed by atoms with van der Waals surface area (Å²) in [5.41, 5.74) is 6.72. The van der Waals surface area contributed by atoms with Crippen LogP contribution in [0.4, 0.5) is 5.69 Å². The summed E-state index contributed by atoms with van der Waals surface area (Å²) in [6.07, 6.45) is 5.51. The van der Waals surface area contributed by atoms with Gasteiger partial charge in [0.25, 0.3) is 0 Å². The summed E-state index contributed by atoms with van der Waals surface area (Å²) in [4.78, 5) is 11.1. The van der Waals surface area contributed by atoms with Crippen LogP contribution in [-0.2, 0) is 6.54 Å². The molecule has 0 radical (unpaired) electrons. The van der Waals surface area contributed by atoms with E-state index in [4.69, 9.17) is 26.7 Å². The molecule has 0 aliphatic carbocycles. The first kappa shape index (κ1) is 26.5. The summed E-state index contributed by atoms with van der Waals surface area (Å²) in [5.74, 6) is 2.27. The molecule has 0 amide bonds. The van der Waals surface area contributed by atoms with Gasteiger partial charge in [0.15, 0.2) is 5.11 Å². The maximum absolute atomic E-state index is 6.08. The summed E-state index contributed by atoms with van der Waals surface area (Å²) >= 11 is 5.96. The van der Waals surface area contributed by atoms with E-state index >= 15 is 0 Å². The third kappa shape index (κ3) is 5.38. The molecule has 2 aromatic carbocycles. The van der Waals surface area contributed by atoms with E-state index < -0.39 is 0 Å². The van der Waals surface area contributed by atoms with Crippen LogP contribution in [0.1, 0.15) is 40.3 Å². The molecule has 0 spiro atoms. The van der Waals surface area contributed by atoms with Gasteiger partial charge in [0.1, 0.15) is 17.2 Å². The van der Waals surface area contributed by atoms with Crippen molar-refractivity contribution < 1.29 is 9.47 Å². The smallest absolute Gasteiger partial charge is 0.174 e. The molecule has 2 atom stereocenters. The highest BCUT2D eigenvalue weighted by Crippen LogP contribution is 2.43. The molecule has 1 N–H and O–H groups in total. The largest absolute Gasteiger partial charge is 0.497 e. The average molecular weight is 562 g/mol. The first-order valence-corrected chi connectivity index (χ1v) is 13.9. The van der Waals surface area contributed by atoms with Crippen molar-refractivity contribution in [3.05, 3.63) is 132 Å². The molecule has 1 aliphatic rings. The van der Waals surface area contributed by atoms with E-state index in [2.05, 4.69) is 70.0 Å². The van der Waals surface area contributed by atoms with Gasteiger partial charge in [-0.25, -0.2) is 0 Å². The Labute approximate surface area is 245 Å². The molecule has 8 heteroatoms. The summed E-state index contributed by atoms with van der Waals surface area (Å²) in [6, 6.07) is 27.8. The Bertz CT molecular complexity index is 1640. The highest BCUT2D eigenvalue weighted by molar-refractivity contribution is 7.80. The molecule has 6 rings (SSSR count). The minimum Gasteiger partial charge on any atom is -0.497 e. The monoisotopic (exact) mass is 561 g/mol. The van der Waals surface area contributed by atoms with Crippen LogP contribution < -0.4 is 19.7 Å². The van der Waals surface area contributed by atoms with E-state index in [0.717, 1.165) is 35.2 Å². The normalized spacial score (nSPS) is 16.5. The predicted octanol–water partition coefficient (Wildman–Crippen LogP) is 6.92. The third-order valence-electron chi connectivity index (χ3n) is 7.53. The second-order valence-corrected chi connectivity index (χ2v) is 10.4. The molecule has 41 heavy (non-hydrogen) atoms. The van der Waals surface area contributed by atoms with Crippen LogP contribution in [0.25, 0.3) is 0 Å². The summed E-state index contributed by atoms with van der Waals surface area (Å²) in [6.45, 7) is 5.12. The van der Waals surface area contributed by atoms with Crippen LogP contribution in [0.2, 0.25) is 0 Å². The number of hydrogen-bond donors (Lipinski definition) is 1. The maximum Gasteiger partial charge on any atom is 0.174 e. The van der Waals surface area contributed by atoms with Crippen molar-refractivity contribution in [3.8, 4) is 17.2 Å². The van der Waals surface area contributed by atoms with Crippen molar-refractivity contribution in [1.82, 2.24) is 19.9 Å². The van der Waals surface area contributed by atoms with Crippen molar-refractivity contribution in [3.63, 3.8) is 0 Å². The van der Waals surface area contributed by atoms with Gasteiger partial charge < -0.3 is 24.3 Å². The Kier molecular flexibility index (Phi) is 7.39. The van der Waals surface area contributed by atoms with Crippen LogP contribution in [0, 0.1) is 13.8 Å². The Morgan fingerprint density at radius 1 is 0.854 bits per heavy atom. The Morgan fingerprint density at radius 2 is 1.54 bits per heavy atom. The average Bonchev–Trinajstić information content (AvgIpc) is 3.49. The van der Waals surface area contributed by atoms with E-state index in [0.29, 0.717) is 5.11 Å². The number of methoxy groups -OCH3 is 1. The van der Waals surface area contributed by atoms with Gasteiger partial charge in [0, 0.05) is 42.2 Å². The lowest BCUT2D eigenvalue weighted by Gasteiger charge is -2.28. The molecule has 4 heterocycles. The van der Waals surface area contributed by atoms with Crippen molar-refractivity contribution in [2.45, 2.75) is 32.5 Å². The number of anilines is 1. The number of benzene rings is 2. The number of thiocarbonyl (C=S) groups is 1. The fourth-order valence-corrected chi connectivity index (χ4v) is 5.79. The van der Waals surface area contributed by atoms with Crippen LogP contribution in [0.5, 0.6) is 17.2 Å². The zero-order valence-electron chi connectivity index (χ0n) is 23.2. The molecule has 0 unspecified atom stereocenters. The van der Waals surface area contributed by atoms with E-state index in [9.17, 15) is 0 Å². The Morgan fingerprint density at radius 3 is 2.20 bits per heavy atom.